The molecule has 27 heavy (non-hydrogen) atoms. The number of nitrogens with one attached hydrogen (secondary N) is 3. The van der Waals surface area contributed by atoms with E-state index < -0.39 is 21.5 Å². The molecule has 2 aromatic carbocycles. The van der Waals surface area contributed by atoms with Crippen LogP contribution >= 0.6 is 0 Å². The van der Waals surface area contributed by atoms with Crippen molar-refractivity contribution >= 4 is 27.5 Å². The summed E-state index contributed by atoms with van der Waals surface area (Å²) in [6.45, 7) is 3.56. The van der Waals surface area contributed by atoms with Crippen LogP contribution in [-0.4, -0.2) is 25.8 Å². The van der Waals surface area contributed by atoms with Crippen LogP contribution in [0.15, 0.2) is 53.4 Å². The topological polar surface area (TPSA) is 104 Å². The van der Waals surface area contributed by atoms with E-state index in [-0.39, 0.29) is 28.6 Å². The molecule has 0 radical (unpaired) electrons. The molecule has 0 aliphatic carbocycles. The van der Waals surface area contributed by atoms with Crippen molar-refractivity contribution in [3.8, 4) is 0 Å². The lowest BCUT2D eigenvalue weighted by molar-refractivity contribution is -0.121. The number of rotatable bonds is 5. The molecule has 0 spiro atoms. The fourth-order valence-electron chi connectivity index (χ4n) is 2.73. The van der Waals surface area contributed by atoms with Gasteiger partial charge >= 0.3 is 0 Å². The van der Waals surface area contributed by atoms with E-state index in [0.717, 1.165) is 5.56 Å². The maximum Gasteiger partial charge on any atom is 0.254 e. The monoisotopic (exact) mass is 387 g/mol. The Labute approximate surface area is 158 Å². The van der Waals surface area contributed by atoms with Crippen molar-refractivity contribution in [3.05, 3.63) is 59.7 Å². The van der Waals surface area contributed by atoms with Gasteiger partial charge < -0.3 is 10.6 Å². The van der Waals surface area contributed by atoms with Crippen molar-refractivity contribution in [1.29, 1.82) is 0 Å². The Morgan fingerprint density at radius 1 is 1.07 bits per heavy atom. The molecule has 0 fully saturated rings. The number of fused-ring (bicyclic) bond motifs is 1. The van der Waals surface area contributed by atoms with E-state index in [9.17, 15) is 18.0 Å². The molecular formula is C19H21N3O4S. The lowest BCUT2D eigenvalue weighted by atomic mass is 9.98. The third kappa shape index (κ3) is 3.86. The van der Waals surface area contributed by atoms with E-state index in [1.165, 1.54) is 18.2 Å². The van der Waals surface area contributed by atoms with Crippen LogP contribution in [0.5, 0.6) is 0 Å². The number of carbonyl (C=O) groups excluding carboxylic acids is 2. The number of carbonyl (C=O) groups is 2. The Hall–Kier alpha value is -2.71. The van der Waals surface area contributed by atoms with Crippen LogP contribution in [0.2, 0.25) is 0 Å². The molecule has 0 saturated carbocycles. The van der Waals surface area contributed by atoms with E-state index in [1.807, 2.05) is 30.3 Å². The number of anilines is 1. The first-order valence-electron chi connectivity index (χ1n) is 8.57. The van der Waals surface area contributed by atoms with Gasteiger partial charge in [-0.2, -0.15) is 0 Å². The molecule has 1 aliphatic heterocycles. The van der Waals surface area contributed by atoms with Crippen LogP contribution in [0.25, 0.3) is 0 Å². The molecule has 3 rings (SSSR count). The molecule has 1 aliphatic rings. The highest BCUT2D eigenvalue weighted by Crippen LogP contribution is 2.26. The Morgan fingerprint density at radius 2 is 1.78 bits per heavy atom. The Balaban J connectivity index is 1.89. The summed E-state index contributed by atoms with van der Waals surface area (Å²) >= 11 is 0. The fourth-order valence-corrected chi connectivity index (χ4v) is 3.77. The summed E-state index contributed by atoms with van der Waals surface area (Å²) in [7, 11) is -3.82. The second kappa shape index (κ2) is 7.13. The largest absolute Gasteiger partial charge is 0.338 e. The molecule has 2 aromatic rings. The SMILES string of the molecule is CCC1(C)NC(=O)c2cc(S(=O)(=O)NCc3ccccc3)ccc2NC1=O. The van der Waals surface area contributed by atoms with Crippen molar-refractivity contribution in [2.24, 2.45) is 0 Å². The average molecular weight is 387 g/mol. The van der Waals surface area contributed by atoms with Crippen LogP contribution in [0, 0.1) is 0 Å². The van der Waals surface area contributed by atoms with E-state index in [1.54, 1.807) is 13.8 Å². The van der Waals surface area contributed by atoms with Gasteiger partial charge in [-0.25, -0.2) is 13.1 Å². The first kappa shape index (κ1) is 19.1. The lowest BCUT2D eigenvalue weighted by Crippen LogP contribution is -2.52. The standard InChI is InChI=1S/C19H21N3O4S/c1-3-19(2)18(24)21-16-10-9-14(11-15(16)17(23)22-19)27(25,26)20-12-13-7-5-4-6-8-13/h4-11,20H,3,12H2,1-2H3,(H,21,24)(H,22,23). The lowest BCUT2D eigenvalue weighted by Gasteiger charge is -2.25. The third-order valence-electron chi connectivity index (χ3n) is 4.70. The molecule has 142 valence electrons. The highest BCUT2D eigenvalue weighted by atomic mass is 32.2. The summed E-state index contributed by atoms with van der Waals surface area (Å²) in [6.07, 6.45) is 0.405. The normalized spacial score (nSPS) is 19.6. The summed E-state index contributed by atoms with van der Waals surface area (Å²) in [5.41, 5.74) is 0.167. The quantitative estimate of drug-likeness (QED) is 0.730. The minimum absolute atomic E-state index is 0.0401. The van der Waals surface area contributed by atoms with Crippen LogP contribution in [0.1, 0.15) is 36.2 Å². The molecule has 0 bridgehead atoms. The highest BCUT2D eigenvalue weighted by Gasteiger charge is 2.37. The Bertz CT molecular complexity index is 989. The molecule has 0 saturated heterocycles. The van der Waals surface area contributed by atoms with Gasteiger partial charge in [0.1, 0.15) is 5.54 Å². The van der Waals surface area contributed by atoms with Gasteiger partial charge in [-0.3, -0.25) is 9.59 Å². The predicted octanol–water partition coefficient (Wildman–Crippen LogP) is 2.02. The number of amides is 2. The molecular weight excluding hydrogens is 366 g/mol. The maximum atomic E-state index is 12.6. The van der Waals surface area contributed by atoms with Gasteiger partial charge in [-0.1, -0.05) is 37.3 Å². The fraction of sp³-hybridized carbons (Fsp3) is 0.263. The van der Waals surface area contributed by atoms with E-state index in [4.69, 9.17) is 0 Å². The minimum atomic E-state index is -3.82. The van der Waals surface area contributed by atoms with Gasteiger partial charge in [-0.15, -0.1) is 0 Å². The molecule has 7 nitrogen and oxygen atoms in total. The second-order valence-corrected chi connectivity index (χ2v) is 8.38. The second-order valence-electron chi connectivity index (χ2n) is 6.61. The van der Waals surface area contributed by atoms with E-state index >= 15 is 0 Å². The van der Waals surface area contributed by atoms with E-state index in [0.29, 0.717) is 6.42 Å². The van der Waals surface area contributed by atoms with Gasteiger partial charge in [0.05, 0.1) is 16.1 Å². The number of benzene rings is 2. The summed E-state index contributed by atoms with van der Waals surface area (Å²) in [4.78, 5) is 24.9. The van der Waals surface area contributed by atoms with Crippen LogP contribution < -0.4 is 15.4 Å². The summed E-state index contributed by atoms with van der Waals surface area (Å²) in [5.74, 6) is -0.831. The van der Waals surface area contributed by atoms with Gasteiger partial charge in [0.15, 0.2) is 0 Å². The van der Waals surface area contributed by atoms with Crippen molar-refractivity contribution in [2.75, 3.05) is 5.32 Å². The zero-order chi connectivity index (χ0) is 19.7. The molecule has 2 amide bonds. The number of hydrogen-bond acceptors (Lipinski definition) is 4. The molecule has 0 aromatic heterocycles. The predicted molar refractivity (Wildman–Crippen MR) is 102 cm³/mol. The van der Waals surface area contributed by atoms with Crippen LogP contribution in [-0.2, 0) is 21.4 Å². The number of sulfonamides is 1. The zero-order valence-electron chi connectivity index (χ0n) is 15.1. The Morgan fingerprint density at radius 3 is 2.44 bits per heavy atom. The van der Waals surface area contributed by atoms with Crippen molar-refractivity contribution < 1.29 is 18.0 Å². The van der Waals surface area contributed by atoms with Gasteiger partial charge in [0, 0.05) is 6.54 Å². The highest BCUT2D eigenvalue weighted by molar-refractivity contribution is 7.89. The Kier molecular flexibility index (Phi) is 5.03. The summed E-state index contributed by atoms with van der Waals surface area (Å²) in [6, 6.07) is 13.2. The van der Waals surface area contributed by atoms with E-state index in [2.05, 4.69) is 15.4 Å². The first-order valence-corrected chi connectivity index (χ1v) is 10.0. The molecule has 1 unspecified atom stereocenters. The smallest absolute Gasteiger partial charge is 0.254 e. The maximum absolute atomic E-state index is 12.6. The van der Waals surface area contributed by atoms with Crippen molar-refractivity contribution in [1.82, 2.24) is 10.0 Å². The van der Waals surface area contributed by atoms with Crippen LogP contribution in [0.3, 0.4) is 0 Å². The minimum Gasteiger partial charge on any atom is -0.338 e. The number of hydrogen-bond donors (Lipinski definition) is 3. The van der Waals surface area contributed by atoms with Crippen molar-refractivity contribution in [3.63, 3.8) is 0 Å². The molecule has 8 heteroatoms. The van der Waals surface area contributed by atoms with Gasteiger partial charge in [0.2, 0.25) is 15.9 Å². The average Bonchev–Trinajstić information content (AvgIpc) is 2.75. The first-order chi connectivity index (χ1) is 12.7. The molecule has 3 N–H and O–H groups in total. The van der Waals surface area contributed by atoms with Gasteiger partial charge in [-0.05, 0) is 37.1 Å². The van der Waals surface area contributed by atoms with Crippen LogP contribution in [0.4, 0.5) is 5.69 Å². The molecule has 1 atom stereocenters. The zero-order valence-corrected chi connectivity index (χ0v) is 15.9. The summed E-state index contributed by atoms with van der Waals surface area (Å²) in [5, 5.41) is 5.37. The molecule has 1 heterocycles. The summed E-state index contributed by atoms with van der Waals surface area (Å²) < 4.78 is 27.7. The van der Waals surface area contributed by atoms with Crippen molar-refractivity contribution in [2.45, 2.75) is 37.2 Å². The third-order valence-corrected chi connectivity index (χ3v) is 6.10. The van der Waals surface area contributed by atoms with Gasteiger partial charge in [0.25, 0.3) is 5.91 Å².